The first-order valence-electron chi connectivity index (χ1n) is 10.4. The van der Waals surface area contributed by atoms with Crippen LogP contribution in [0.15, 0.2) is 82.6 Å². The standard InChI is InChI=1S/C25H24O7S2/c1-17-6-12-22(13-7-17)33(29,30)15-21(16-34(31,32)23-5-3-4-18(2)14-23)24(26)19-8-10-20(11-9-19)25(27)28/h3-14,21H,15-16H2,1-2H3,(H,27,28). The Kier molecular flexibility index (Phi) is 7.38. The van der Waals surface area contributed by atoms with Crippen LogP contribution in [0.1, 0.15) is 31.8 Å². The van der Waals surface area contributed by atoms with Gasteiger partial charge in [0, 0.05) is 5.56 Å². The summed E-state index contributed by atoms with van der Waals surface area (Å²) in [6, 6.07) is 17.2. The van der Waals surface area contributed by atoms with Gasteiger partial charge in [0.25, 0.3) is 0 Å². The molecule has 178 valence electrons. The Bertz CT molecular complexity index is 1420. The number of carbonyl (C=O) groups excluding carboxylic acids is 1. The molecule has 1 N–H and O–H groups in total. The van der Waals surface area contributed by atoms with Crippen LogP contribution in [0.25, 0.3) is 0 Å². The number of hydrogen-bond donors (Lipinski definition) is 1. The van der Waals surface area contributed by atoms with Crippen LogP contribution in [-0.4, -0.2) is 45.2 Å². The van der Waals surface area contributed by atoms with Gasteiger partial charge in [0.05, 0.1) is 32.8 Å². The Morgan fingerprint density at radius 3 is 1.76 bits per heavy atom. The molecule has 7 nitrogen and oxygen atoms in total. The maximum Gasteiger partial charge on any atom is 0.335 e. The van der Waals surface area contributed by atoms with Gasteiger partial charge in [-0.2, -0.15) is 0 Å². The summed E-state index contributed by atoms with van der Waals surface area (Å²) in [5.74, 6) is -4.68. The van der Waals surface area contributed by atoms with E-state index in [-0.39, 0.29) is 20.9 Å². The molecule has 0 aliphatic rings. The molecule has 0 saturated heterocycles. The van der Waals surface area contributed by atoms with Gasteiger partial charge in [-0.3, -0.25) is 4.79 Å². The molecule has 0 radical (unpaired) electrons. The van der Waals surface area contributed by atoms with E-state index >= 15 is 0 Å². The normalized spacial score (nSPS) is 12.8. The van der Waals surface area contributed by atoms with Crippen molar-refractivity contribution in [1.82, 2.24) is 0 Å². The first-order valence-corrected chi connectivity index (χ1v) is 13.7. The number of carboxylic acid groups (broad SMARTS) is 1. The minimum absolute atomic E-state index is 0.000686. The highest BCUT2D eigenvalue weighted by atomic mass is 32.2. The molecular weight excluding hydrogens is 476 g/mol. The largest absolute Gasteiger partial charge is 0.478 e. The number of carbonyl (C=O) groups is 2. The van der Waals surface area contributed by atoms with Crippen molar-refractivity contribution in [3.05, 3.63) is 95.1 Å². The highest BCUT2D eigenvalue weighted by Crippen LogP contribution is 2.23. The van der Waals surface area contributed by atoms with Gasteiger partial charge in [0.1, 0.15) is 0 Å². The van der Waals surface area contributed by atoms with Gasteiger partial charge in [-0.05, 0) is 55.8 Å². The minimum Gasteiger partial charge on any atom is -0.478 e. The Balaban J connectivity index is 2.00. The van der Waals surface area contributed by atoms with E-state index in [1.807, 2.05) is 0 Å². The van der Waals surface area contributed by atoms with Gasteiger partial charge in [0.15, 0.2) is 25.5 Å². The number of ketones is 1. The van der Waals surface area contributed by atoms with E-state index in [2.05, 4.69) is 0 Å². The van der Waals surface area contributed by atoms with Crippen LogP contribution in [0, 0.1) is 19.8 Å². The van der Waals surface area contributed by atoms with Crippen LogP contribution < -0.4 is 0 Å². The van der Waals surface area contributed by atoms with Gasteiger partial charge in [-0.15, -0.1) is 0 Å². The Morgan fingerprint density at radius 1 is 0.706 bits per heavy atom. The number of benzene rings is 3. The number of hydrogen-bond acceptors (Lipinski definition) is 6. The summed E-state index contributed by atoms with van der Waals surface area (Å²) in [7, 11) is -7.99. The summed E-state index contributed by atoms with van der Waals surface area (Å²) in [6.07, 6.45) is 0. The zero-order chi connectivity index (χ0) is 25.1. The third-order valence-electron chi connectivity index (χ3n) is 5.36. The summed E-state index contributed by atoms with van der Waals surface area (Å²) in [4.78, 5) is 24.4. The highest BCUT2D eigenvalue weighted by molar-refractivity contribution is 7.92. The molecule has 0 aliphatic heterocycles. The van der Waals surface area contributed by atoms with E-state index in [0.717, 1.165) is 5.56 Å². The van der Waals surface area contributed by atoms with Gasteiger partial charge in [-0.1, -0.05) is 42.0 Å². The van der Waals surface area contributed by atoms with Gasteiger partial charge < -0.3 is 5.11 Å². The van der Waals surface area contributed by atoms with Crippen molar-refractivity contribution >= 4 is 31.4 Å². The van der Waals surface area contributed by atoms with Crippen molar-refractivity contribution in [3.8, 4) is 0 Å². The number of aryl methyl sites for hydroxylation is 2. The fourth-order valence-corrected chi connectivity index (χ4v) is 6.82. The van der Waals surface area contributed by atoms with Crippen molar-refractivity contribution in [2.45, 2.75) is 23.6 Å². The maximum atomic E-state index is 13.3. The van der Waals surface area contributed by atoms with E-state index in [1.54, 1.807) is 38.1 Å². The minimum atomic E-state index is -4.00. The fraction of sp³-hybridized carbons (Fsp3) is 0.200. The second kappa shape index (κ2) is 9.90. The molecule has 0 bridgehead atoms. The molecule has 0 fully saturated rings. The predicted molar refractivity (Wildman–Crippen MR) is 128 cm³/mol. The van der Waals surface area contributed by atoms with Crippen molar-refractivity contribution < 1.29 is 31.5 Å². The first kappa shape index (κ1) is 25.3. The SMILES string of the molecule is Cc1ccc(S(=O)(=O)CC(CS(=O)(=O)c2cccc(C)c2)C(=O)c2ccc(C(=O)O)cc2)cc1. The van der Waals surface area contributed by atoms with E-state index in [4.69, 9.17) is 5.11 Å². The van der Waals surface area contributed by atoms with Crippen LogP contribution in [0.4, 0.5) is 0 Å². The molecule has 3 aromatic carbocycles. The first-order chi connectivity index (χ1) is 15.9. The molecule has 9 heteroatoms. The quantitative estimate of drug-likeness (QED) is 0.444. The van der Waals surface area contributed by atoms with Crippen molar-refractivity contribution in [3.63, 3.8) is 0 Å². The molecule has 1 unspecified atom stereocenters. The third kappa shape index (κ3) is 5.98. The zero-order valence-corrected chi connectivity index (χ0v) is 20.3. The summed E-state index contributed by atoms with van der Waals surface area (Å²) in [5, 5.41) is 9.08. The molecule has 3 rings (SSSR count). The second-order valence-corrected chi connectivity index (χ2v) is 12.2. The number of Topliss-reactive ketones (excluding diaryl/α,β-unsaturated/α-hetero) is 1. The van der Waals surface area contributed by atoms with Crippen LogP contribution in [-0.2, 0) is 19.7 Å². The molecule has 1 atom stereocenters. The van der Waals surface area contributed by atoms with Gasteiger partial charge >= 0.3 is 5.97 Å². The number of carboxylic acids is 1. The second-order valence-electron chi connectivity index (χ2n) is 8.14. The van der Waals surface area contributed by atoms with Gasteiger partial charge in [0.2, 0.25) is 0 Å². The summed E-state index contributed by atoms with van der Waals surface area (Å²) in [5.41, 5.74) is 1.55. The Labute approximate surface area is 198 Å². The van der Waals surface area contributed by atoms with Crippen molar-refractivity contribution in [2.24, 2.45) is 5.92 Å². The summed E-state index contributed by atoms with van der Waals surface area (Å²) < 4.78 is 52.4. The lowest BCUT2D eigenvalue weighted by Crippen LogP contribution is -2.31. The molecule has 0 aromatic heterocycles. The van der Waals surface area contributed by atoms with E-state index in [9.17, 15) is 26.4 Å². The molecular formula is C25H24O7S2. The highest BCUT2D eigenvalue weighted by Gasteiger charge is 2.32. The van der Waals surface area contributed by atoms with E-state index in [1.165, 1.54) is 48.5 Å². The molecule has 34 heavy (non-hydrogen) atoms. The Morgan fingerprint density at radius 2 is 1.24 bits per heavy atom. The maximum absolute atomic E-state index is 13.3. The third-order valence-corrected chi connectivity index (χ3v) is 9.00. The molecule has 0 spiro atoms. The van der Waals surface area contributed by atoms with Crippen LogP contribution in [0.2, 0.25) is 0 Å². The van der Waals surface area contributed by atoms with Crippen molar-refractivity contribution in [2.75, 3.05) is 11.5 Å². The molecule has 3 aromatic rings. The van der Waals surface area contributed by atoms with Crippen LogP contribution >= 0.6 is 0 Å². The predicted octanol–water partition coefficient (Wildman–Crippen LogP) is 3.75. The average Bonchev–Trinajstić information content (AvgIpc) is 2.78. The van der Waals surface area contributed by atoms with E-state index in [0.29, 0.717) is 5.56 Å². The lowest BCUT2D eigenvalue weighted by atomic mass is 10.00. The molecule has 0 saturated carbocycles. The van der Waals surface area contributed by atoms with Crippen molar-refractivity contribution in [1.29, 1.82) is 0 Å². The Hall–Kier alpha value is -3.30. The monoisotopic (exact) mass is 500 g/mol. The number of rotatable bonds is 9. The zero-order valence-electron chi connectivity index (χ0n) is 18.6. The lowest BCUT2D eigenvalue weighted by Gasteiger charge is -2.17. The fourth-order valence-electron chi connectivity index (χ4n) is 3.49. The number of aromatic carboxylic acids is 1. The molecule has 0 heterocycles. The molecule has 0 aliphatic carbocycles. The topological polar surface area (TPSA) is 123 Å². The lowest BCUT2D eigenvalue weighted by molar-refractivity contribution is 0.0696. The smallest absolute Gasteiger partial charge is 0.335 e. The summed E-state index contributed by atoms with van der Waals surface area (Å²) in [6.45, 7) is 3.53. The number of sulfone groups is 2. The van der Waals surface area contributed by atoms with Gasteiger partial charge in [-0.25, -0.2) is 21.6 Å². The van der Waals surface area contributed by atoms with Crippen LogP contribution in [0.3, 0.4) is 0 Å². The van der Waals surface area contributed by atoms with Crippen LogP contribution in [0.5, 0.6) is 0 Å². The van der Waals surface area contributed by atoms with E-state index < -0.39 is 48.9 Å². The molecule has 0 amide bonds. The summed E-state index contributed by atoms with van der Waals surface area (Å²) >= 11 is 0. The average molecular weight is 501 g/mol.